The first-order valence-corrected chi connectivity index (χ1v) is 8.45. The van der Waals surface area contributed by atoms with Crippen molar-refractivity contribution in [2.75, 3.05) is 33.2 Å². The summed E-state index contributed by atoms with van der Waals surface area (Å²) in [6.45, 7) is 7.62. The van der Waals surface area contributed by atoms with Crippen LogP contribution in [0, 0.1) is 0 Å². The smallest absolute Gasteiger partial charge is 0.240 e. The van der Waals surface area contributed by atoms with E-state index in [-0.39, 0.29) is 0 Å². The molecule has 0 aliphatic carbocycles. The molecule has 0 saturated carbocycles. The van der Waals surface area contributed by atoms with E-state index in [1.165, 1.54) is 0 Å². The van der Waals surface area contributed by atoms with Gasteiger partial charge in [0, 0.05) is 19.6 Å². The molecule has 1 aromatic rings. The topological polar surface area (TPSA) is 61.4 Å². The predicted molar refractivity (Wildman–Crippen MR) is 82.2 cm³/mol. The van der Waals surface area contributed by atoms with Crippen LogP contribution < -0.4 is 10.0 Å². The van der Waals surface area contributed by atoms with Gasteiger partial charge in [0.15, 0.2) is 0 Å². The Labute approximate surface area is 122 Å². The van der Waals surface area contributed by atoms with Crippen molar-refractivity contribution in [3.05, 3.63) is 29.8 Å². The first kappa shape index (κ1) is 17.1. The molecule has 6 heteroatoms. The summed E-state index contributed by atoms with van der Waals surface area (Å²) in [7, 11) is -1.45. The highest BCUT2D eigenvalue weighted by Crippen LogP contribution is 2.11. The fourth-order valence-electron chi connectivity index (χ4n) is 1.70. The normalized spacial score (nSPS) is 12.0. The Morgan fingerprint density at radius 1 is 1.25 bits per heavy atom. The molecule has 0 aromatic heterocycles. The summed E-state index contributed by atoms with van der Waals surface area (Å²) in [5.41, 5.74) is 0.973. The quantitative estimate of drug-likeness (QED) is 0.715. The van der Waals surface area contributed by atoms with Crippen molar-refractivity contribution in [1.29, 1.82) is 0 Å². The fraction of sp³-hybridized carbons (Fsp3) is 0.571. The van der Waals surface area contributed by atoms with Crippen molar-refractivity contribution in [3.8, 4) is 0 Å². The third-order valence-electron chi connectivity index (χ3n) is 3.11. The van der Waals surface area contributed by atoms with Crippen LogP contribution in [0.25, 0.3) is 0 Å². The lowest BCUT2D eigenvalue weighted by atomic mass is 10.2. The van der Waals surface area contributed by atoms with E-state index in [2.05, 4.69) is 14.9 Å². The first-order chi connectivity index (χ1) is 9.49. The summed E-state index contributed by atoms with van der Waals surface area (Å²) < 4.78 is 27.0. The molecular weight excluding hydrogens is 274 g/mol. The Balaban J connectivity index is 2.67. The Morgan fingerprint density at radius 2 is 2.00 bits per heavy atom. The molecule has 0 heterocycles. The molecule has 0 spiro atoms. The lowest BCUT2D eigenvalue weighted by Gasteiger charge is -2.14. The van der Waals surface area contributed by atoms with Gasteiger partial charge in [0.2, 0.25) is 10.0 Å². The minimum absolute atomic E-state index is 0.326. The van der Waals surface area contributed by atoms with Crippen LogP contribution in [0.15, 0.2) is 29.2 Å². The minimum Gasteiger partial charge on any atom is -0.313 e. The molecule has 0 fully saturated rings. The van der Waals surface area contributed by atoms with Crippen molar-refractivity contribution in [3.63, 3.8) is 0 Å². The molecule has 0 unspecified atom stereocenters. The third kappa shape index (κ3) is 5.58. The van der Waals surface area contributed by atoms with Crippen LogP contribution in [-0.2, 0) is 16.6 Å². The number of likely N-dealkylation sites (N-methyl/N-ethyl adjacent to an activating group) is 1. The second-order valence-corrected chi connectivity index (χ2v) is 6.49. The second kappa shape index (κ2) is 8.36. The largest absolute Gasteiger partial charge is 0.313 e. The number of rotatable bonds is 9. The molecule has 0 bridgehead atoms. The van der Waals surface area contributed by atoms with Crippen molar-refractivity contribution in [2.24, 2.45) is 0 Å². The van der Waals surface area contributed by atoms with Gasteiger partial charge in [-0.3, -0.25) is 0 Å². The van der Waals surface area contributed by atoms with Crippen LogP contribution in [0.5, 0.6) is 0 Å². The second-order valence-electron chi connectivity index (χ2n) is 4.72. The van der Waals surface area contributed by atoms with Crippen LogP contribution in [0.3, 0.4) is 0 Å². The molecule has 0 radical (unpaired) electrons. The molecule has 1 rings (SSSR count). The van der Waals surface area contributed by atoms with E-state index in [1.807, 2.05) is 27.0 Å². The molecule has 20 heavy (non-hydrogen) atoms. The van der Waals surface area contributed by atoms with Crippen molar-refractivity contribution < 1.29 is 8.42 Å². The summed E-state index contributed by atoms with van der Waals surface area (Å²) >= 11 is 0. The number of sulfonamides is 1. The van der Waals surface area contributed by atoms with Crippen LogP contribution in [-0.4, -0.2) is 46.5 Å². The van der Waals surface area contributed by atoms with Crippen molar-refractivity contribution in [2.45, 2.75) is 25.3 Å². The number of hydrogen-bond acceptors (Lipinski definition) is 4. The lowest BCUT2D eigenvalue weighted by molar-refractivity contribution is 0.358. The average molecular weight is 299 g/mol. The molecule has 114 valence electrons. The van der Waals surface area contributed by atoms with Crippen LogP contribution >= 0.6 is 0 Å². The zero-order chi connectivity index (χ0) is 15.0. The maximum atomic E-state index is 12.2. The van der Waals surface area contributed by atoms with Gasteiger partial charge in [-0.2, -0.15) is 0 Å². The third-order valence-corrected chi connectivity index (χ3v) is 4.57. The van der Waals surface area contributed by atoms with E-state index >= 15 is 0 Å². The van der Waals surface area contributed by atoms with Crippen LogP contribution in [0.1, 0.15) is 19.4 Å². The number of nitrogens with one attached hydrogen (secondary N) is 2. The first-order valence-electron chi connectivity index (χ1n) is 6.97. The van der Waals surface area contributed by atoms with E-state index in [0.717, 1.165) is 18.7 Å². The summed E-state index contributed by atoms with van der Waals surface area (Å²) in [4.78, 5) is 2.39. The summed E-state index contributed by atoms with van der Waals surface area (Å²) in [6, 6.07) is 7.04. The van der Waals surface area contributed by atoms with E-state index in [9.17, 15) is 8.42 Å². The Kier molecular flexibility index (Phi) is 7.15. The Morgan fingerprint density at radius 3 is 2.65 bits per heavy atom. The van der Waals surface area contributed by atoms with Gasteiger partial charge >= 0.3 is 0 Å². The maximum Gasteiger partial charge on any atom is 0.240 e. The average Bonchev–Trinajstić information content (AvgIpc) is 2.45. The minimum atomic E-state index is -3.42. The molecule has 0 saturated heterocycles. The molecule has 2 N–H and O–H groups in total. The highest BCUT2D eigenvalue weighted by molar-refractivity contribution is 7.89. The predicted octanol–water partition coefficient (Wildman–Crippen LogP) is 1.03. The molecule has 5 nitrogen and oxygen atoms in total. The zero-order valence-corrected chi connectivity index (χ0v) is 13.3. The van der Waals surface area contributed by atoms with E-state index in [1.54, 1.807) is 18.2 Å². The molecule has 0 aliphatic rings. The monoisotopic (exact) mass is 299 g/mol. The number of nitrogens with zero attached hydrogens (tertiary/aromatic N) is 1. The SMILES string of the molecule is CCNCc1cccc(S(=O)(=O)NCCN(C)CC)c1. The van der Waals surface area contributed by atoms with Gasteiger partial charge in [-0.25, -0.2) is 13.1 Å². The maximum absolute atomic E-state index is 12.2. The Hall–Kier alpha value is -0.950. The Bertz CT molecular complexity index is 503. The highest BCUT2D eigenvalue weighted by Gasteiger charge is 2.13. The van der Waals surface area contributed by atoms with Gasteiger partial charge in [-0.1, -0.05) is 26.0 Å². The highest BCUT2D eigenvalue weighted by atomic mass is 32.2. The molecular formula is C14H25N3O2S. The summed E-state index contributed by atoms with van der Waals surface area (Å²) in [6.07, 6.45) is 0. The van der Waals surface area contributed by atoms with Gasteiger partial charge in [0.25, 0.3) is 0 Å². The lowest BCUT2D eigenvalue weighted by Crippen LogP contribution is -2.33. The summed E-state index contributed by atoms with van der Waals surface area (Å²) in [5, 5.41) is 3.19. The standard InChI is InChI=1S/C14H25N3O2S/c1-4-15-12-13-7-6-8-14(11-13)20(18,19)16-9-10-17(3)5-2/h6-8,11,15-16H,4-5,9-10,12H2,1-3H3. The van der Waals surface area contributed by atoms with Crippen molar-refractivity contribution >= 4 is 10.0 Å². The molecule has 1 aromatic carbocycles. The van der Waals surface area contributed by atoms with E-state index in [0.29, 0.717) is 24.5 Å². The van der Waals surface area contributed by atoms with Crippen LogP contribution in [0.2, 0.25) is 0 Å². The molecule has 0 amide bonds. The van der Waals surface area contributed by atoms with Crippen LogP contribution in [0.4, 0.5) is 0 Å². The number of hydrogen-bond donors (Lipinski definition) is 2. The van der Waals surface area contributed by atoms with Gasteiger partial charge in [-0.15, -0.1) is 0 Å². The van der Waals surface area contributed by atoms with Gasteiger partial charge in [0.1, 0.15) is 0 Å². The van der Waals surface area contributed by atoms with Gasteiger partial charge < -0.3 is 10.2 Å². The summed E-state index contributed by atoms with van der Waals surface area (Å²) in [5.74, 6) is 0. The van der Waals surface area contributed by atoms with Gasteiger partial charge in [0.05, 0.1) is 4.90 Å². The molecule has 0 aliphatic heterocycles. The van der Waals surface area contributed by atoms with Gasteiger partial charge in [-0.05, 0) is 37.8 Å². The fourth-order valence-corrected chi connectivity index (χ4v) is 2.80. The molecule has 0 atom stereocenters. The van der Waals surface area contributed by atoms with E-state index < -0.39 is 10.0 Å². The van der Waals surface area contributed by atoms with E-state index in [4.69, 9.17) is 0 Å². The zero-order valence-electron chi connectivity index (χ0n) is 12.5. The number of benzene rings is 1. The van der Waals surface area contributed by atoms with Crippen molar-refractivity contribution in [1.82, 2.24) is 14.9 Å².